The lowest BCUT2D eigenvalue weighted by Gasteiger charge is -2.22. The highest BCUT2D eigenvalue weighted by Gasteiger charge is 2.27. The molecule has 0 bridgehead atoms. The van der Waals surface area contributed by atoms with Crippen molar-refractivity contribution in [1.29, 1.82) is 0 Å². The van der Waals surface area contributed by atoms with Gasteiger partial charge in [0.05, 0.1) is 37.5 Å². The Labute approximate surface area is 342 Å². The zero-order valence-corrected chi connectivity index (χ0v) is 32.7. The molecular formula is C54H35N3OS. The van der Waals surface area contributed by atoms with Crippen LogP contribution in [0.25, 0.3) is 88.4 Å². The predicted molar refractivity (Wildman–Crippen MR) is 245 cm³/mol. The van der Waals surface area contributed by atoms with E-state index in [2.05, 4.69) is 167 Å². The average Bonchev–Trinajstić information content (AvgIpc) is 3.81. The topological polar surface area (TPSA) is 39.3 Å². The Morgan fingerprint density at radius 2 is 0.797 bits per heavy atom. The standard InChI is InChI=1S/C54H35N3OS/c58-59(42-18-8-3-9-19-42)54-31-27-39(35-48(54)43-20-10-12-22-49(43)55-59)38-26-30-53-47(34-38)46-33-37(25-29-52(46)57(53)41-16-6-2-7-17-41)36-24-28-51-45(32-36)44-21-11-13-23-50(44)56(51)40-14-4-1-5-15-40/h1-35H. The molecule has 0 N–H and O–H groups in total. The zero-order chi connectivity index (χ0) is 39.1. The van der Waals surface area contributed by atoms with Crippen LogP contribution in [0.1, 0.15) is 0 Å². The number of nitrogens with zero attached hydrogens (tertiary/aromatic N) is 3. The maximum absolute atomic E-state index is 14.9. The van der Waals surface area contributed by atoms with Crippen molar-refractivity contribution >= 4 is 59.0 Å². The highest BCUT2D eigenvalue weighted by molar-refractivity contribution is 7.94. The fraction of sp³-hybridized carbons (Fsp3) is 0. The highest BCUT2D eigenvalue weighted by atomic mass is 32.2. The van der Waals surface area contributed by atoms with Gasteiger partial charge in [0.1, 0.15) is 9.73 Å². The third-order valence-electron chi connectivity index (χ3n) is 11.9. The summed E-state index contributed by atoms with van der Waals surface area (Å²) in [7, 11) is -2.88. The number of hydrogen-bond donors (Lipinski definition) is 0. The van der Waals surface area contributed by atoms with Crippen LogP contribution in [0, 0.1) is 0 Å². The summed E-state index contributed by atoms with van der Waals surface area (Å²) in [5.41, 5.74) is 14.2. The van der Waals surface area contributed by atoms with Crippen molar-refractivity contribution < 1.29 is 4.21 Å². The Morgan fingerprint density at radius 1 is 0.356 bits per heavy atom. The first-order valence-electron chi connectivity index (χ1n) is 19.9. The quantitative estimate of drug-likeness (QED) is 0.172. The fourth-order valence-corrected chi connectivity index (χ4v) is 11.3. The Hall–Kier alpha value is -7.47. The van der Waals surface area contributed by atoms with Crippen molar-refractivity contribution in [2.75, 3.05) is 0 Å². The van der Waals surface area contributed by atoms with Gasteiger partial charge in [-0.2, -0.15) is 4.36 Å². The maximum Gasteiger partial charge on any atom is 0.109 e. The van der Waals surface area contributed by atoms with E-state index in [-0.39, 0.29) is 0 Å². The molecule has 59 heavy (non-hydrogen) atoms. The van der Waals surface area contributed by atoms with Crippen LogP contribution in [-0.4, -0.2) is 13.3 Å². The van der Waals surface area contributed by atoms with Gasteiger partial charge in [0, 0.05) is 44.0 Å². The molecule has 11 aromatic rings. The van der Waals surface area contributed by atoms with Gasteiger partial charge in [0.2, 0.25) is 0 Å². The van der Waals surface area contributed by atoms with E-state index < -0.39 is 9.73 Å². The Bertz CT molecular complexity index is 3590. The lowest BCUT2D eigenvalue weighted by molar-refractivity contribution is 0.676. The van der Waals surface area contributed by atoms with Crippen molar-refractivity contribution in [2.24, 2.45) is 4.36 Å². The molecule has 0 saturated heterocycles. The average molecular weight is 774 g/mol. The molecule has 1 aliphatic rings. The van der Waals surface area contributed by atoms with Crippen molar-refractivity contribution in [2.45, 2.75) is 9.79 Å². The molecule has 4 nitrogen and oxygen atoms in total. The SMILES string of the molecule is O=S1(c2ccccc2)=Nc2ccccc2-c2cc(-c3ccc4c(c3)c3cc(-c5ccc6c(c5)c5ccccc5n6-c5ccccc5)ccc3n4-c3ccccc3)ccc21. The molecule has 0 aliphatic carbocycles. The van der Waals surface area contributed by atoms with Crippen LogP contribution in [0.2, 0.25) is 0 Å². The monoisotopic (exact) mass is 773 g/mol. The number of para-hydroxylation sites is 3. The van der Waals surface area contributed by atoms with Crippen molar-refractivity contribution in [1.82, 2.24) is 9.13 Å². The first-order chi connectivity index (χ1) is 29.1. The van der Waals surface area contributed by atoms with Gasteiger partial charge in [0.25, 0.3) is 0 Å². The van der Waals surface area contributed by atoms with E-state index in [9.17, 15) is 4.21 Å². The number of benzene rings is 9. The maximum atomic E-state index is 14.9. The van der Waals surface area contributed by atoms with Gasteiger partial charge < -0.3 is 9.13 Å². The molecule has 0 fully saturated rings. The van der Waals surface area contributed by atoms with Crippen LogP contribution >= 0.6 is 0 Å². The smallest absolute Gasteiger partial charge is 0.109 e. The molecule has 0 spiro atoms. The fourth-order valence-electron chi connectivity index (χ4n) is 9.16. The zero-order valence-electron chi connectivity index (χ0n) is 31.9. The minimum atomic E-state index is -2.88. The summed E-state index contributed by atoms with van der Waals surface area (Å²) >= 11 is 0. The summed E-state index contributed by atoms with van der Waals surface area (Å²) in [5.74, 6) is 0. The van der Waals surface area contributed by atoms with Crippen LogP contribution in [0.4, 0.5) is 5.69 Å². The minimum absolute atomic E-state index is 0.718. The summed E-state index contributed by atoms with van der Waals surface area (Å²) in [5, 5.41) is 4.82. The van der Waals surface area contributed by atoms with Gasteiger partial charge in [-0.15, -0.1) is 0 Å². The third-order valence-corrected chi connectivity index (χ3v) is 14.2. The molecule has 5 heteroatoms. The molecular weight excluding hydrogens is 739 g/mol. The van der Waals surface area contributed by atoms with Crippen LogP contribution in [-0.2, 0) is 9.73 Å². The Balaban J connectivity index is 1.05. The van der Waals surface area contributed by atoms with E-state index in [0.29, 0.717) is 0 Å². The van der Waals surface area contributed by atoms with Crippen LogP contribution in [0.15, 0.2) is 226 Å². The van der Waals surface area contributed by atoms with Gasteiger partial charge in [-0.1, -0.05) is 115 Å². The number of aromatic nitrogens is 2. The summed E-state index contributed by atoms with van der Waals surface area (Å²) < 4.78 is 24.5. The molecule has 3 heterocycles. The van der Waals surface area contributed by atoms with Gasteiger partial charge in [-0.25, -0.2) is 4.21 Å². The normalized spacial score (nSPS) is 14.7. The lowest BCUT2D eigenvalue weighted by atomic mass is 9.96. The number of fused-ring (bicyclic) bond motifs is 9. The molecule has 0 amide bonds. The van der Waals surface area contributed by atoms with Crippen molar-refractivity contribution in [3.8, 4) is 44.8 Å². The Morgan fingerprint density at radius 3 is 1.39 bits per heavy atom. The molecule has 9 aromatic carbocycles. The van der Waals surface area contributed by atoms with Crippen LogP contribution < -0.4 is 0 Å². The van der Waals surface area contributed by atoms with E-state index in [1.54, 1.807) is 0 Å². The van der Waals surface area contributed by atoms with E-state index >= 15 is 0 Å². The minimum Gasteiger partial charge on any atom is -0.309 e. The van der Waals surface area contributed by atoms with E-state index in [1.807, 2.05) is 54.6 Å². The predicted octanol–water partition coefficient (Wildman–Crippen LogP) is 14.4. The summed E-state index contributed by atoms with van der Waals surface area (Å²) in [6.45, 7) is 0. The molecule has 12 rings (SSSR count). The molecule has 0 saturated carbocycles. The second-order valence-corrected chi connectivity index (χ2v) is 17.4. The summed E-state index contributed by atoms with van der Waals surface area (Å²) in [6, 6.07) is 74.5. The highest BCUT2D eigenvalue weighted by Crippen LogP contribution is 2.46. The van der Waals surface area contributed by atoms with E-state index in [4.69, 9.17) is 4.36 Å². The van der Waals surface area contributed by atoms with Gasteiger partial charge >= 0.3 is 0 Å². The molecule has 278 valence electrons. The largest absolute Gasteiger partial charge is 0.309 e. The molecule has 1 atom stereocenters. The lowest BCUT2D eigenvalue weighted by Crippen LogP contribution is -2.07. The molecule has 0 radical (unpaired) electrons. The molecule has 1 unspecified atom stereocenters. The molecule has 2 aromatic heterocycles. The Kier molecular flexibility index (Phi) is 7.43. The second-order valence-electron chi connectivity index (χ2n) is 15.2. The number of rotatable bonds is 5. The summed E-state index contributed by atoms with van der Waals surface area (Å²) in [4.78, 5) is 1.47. The first-order valence-corrected chi connectivity index (χ1v) is 21.4. The van der Waals surface area contributed by atoms with Crippen LogP contribution in [0.3, 0.4) is 0 Å². The number of hydrogen-bond acceptors (Lipinski definition) is 2. The van der Waals surface area contributed by atoms with E-state index in [0.717, 1.165) is 60.1 Å². The van der Waals surface area contributed by atoms with E-state index in [1.165, 1.54) is 43.7 Å². The summed E-state index contributed by atoms with van der Waals surface area (Å²) in [6.07, 6.45) is 0. The van der Waals surface area contributed by atoms with Gasteiger partial charge in [-0.05, 0) is 119 Å². The van der Waals surface area contributed by atoms with Gasteiger partial charge in [-0.3, -0.25) is 0 Å². The van der Waals surface area contributed by atoms with Gasteiger partial charge in [0.15, 0.2) is 0 Å². The first kappa shape index (κ1) is 33.6. The van der Waals surface area contributed by atoms with Crippen molar-refractivity contribution in [3.05, 3.63) is 212 Å². The van der Waals surface area contributed by atoms with Crippen LogP contribution in [0.5, 0.6) is 0 Å². The third kappa shape index (κ3) is 5.18. The van der Waals surface area contributed by atoms with Crippen molar-refractivity contribution in [3.63, 3.8) is 0 Å². The molecule has 1 aliphatic heterocycles. The second kappa shape index (κ2) is 13.0.